The molecule has 2 aromatic rings. The minimum Gasteiger partial charge on any atom is -0.489 e. The van der Waals surface area contributed by atoms with E-state index in [4.69, 9.17) is 4.74 Å². The van der Waals surface area contributed by atoms with E-state index in [1.54, 1.807) is 0 Å². The monoisotopic (exact) mass is 278 g/mol. The highest BCUT2D eigenvalue weighted by molar-refractivity contribution is 5.52. The van der Waals surface area contributed by atoms with Crippen LogP contribution in [-0.2, 0) is 5.41 Å². The number of hydrogen-bond donors (Lipinski definition) is 0. The molecule has 0 N–H and O–H groups in total. The van der Waals surface area contributed by atoms with Gasteiger partial charge in [-0.3, -0.25) is 0 Å². The van der Waals surface area contributed by atoms with Crippen molar-refractivity contribution >= 4 is 0 Å². The van der Waals surface area contributed by atoms with Crippen LogP contribution in [0.4, 0.5) is 0 Å². The molecule has 0 amide bonds. The van der Waals surface area contributed by atoms with Gasteiger partial charge in [-0.15, -0.1) is 0 Å². The van der Waals surface area contributed by atoms with Crippen LogP contribution in [0.15, 0.2) is 48.5 Å². The molecule has 1 saturated carbocycles. The molecule has 2 aliphatic rings. The fourth-order valence-corrected chi connectivity index (χ4v) is 4.21. The molecule has 4 rings (SSSR count). The van der Waals surface area contributed by atoms with Gasteiger partial charge in [0.1, 0.15) is 11.9 Å². The average molecular weight is 278 g/mol. The summed E-state index contributed by atoms with van der Waals surface area (Å²) in [6.45, 7) is 2.16. The van der Waals surface area contributed by atoms with Gasteiger partial charge >= 0.3 is 0 Å². The Morgan fingerprint density at radius 1 is 0.952 bits per heavy atom. The quantitative estimate of drug-likeness (QED) is 0.712. The van der Waals surface area contributed by atoms with Crippen molar-refractivity contribution in [2.24, 2.45) is 0 Å². The van der Waals surface area contributed by atoms with Crippen LogP contribution in [0.25, 0.3) is 0 Å². The first-order valence-corrected chi connectivity index (χ1v) is 8.14. The third-order valence-corrected chi connectivity index (χ3v) is 5.29. The van der Waals surface area contributed by atoms with Gasteiger partial charge in [-0.05, 0) is 37.8 Å². The third kappa shape index (κ3) is 1.91. The molecule has 1 aliphatic heterocycles. The molecule has 1 fully saturated rings. The fraction of sp³-hybridized carbons (Fsp3) is 0.400. The molecule has 0 aromatic heterocycles. The second kappa shape index (κ2) is 4.91. The van der Waals surface area contributed by atoms with E-state index in [0.717, 1.165) is 5.75 Å². The number of fused-ring (bicyclic) bond motifs is 3. The van der Waals surface area contributed by atoms with Crippen molar-refractivity contribution in [3.63, 3.8) is 0 Å². The summed E-state index contributed by atoms with van der Waals surface area (Å²) in [5, 5.41) is 0. The summed E-state index contributed by atoms with van der Waals surface area (Å²) >= 11 is 0. The molecule has 108 valence electrons. The van der Waals surface area contributed by atoms with Crippen LogP contribution in [0.2, 0.25) is 0 Å². The van der Waals surface area contributed by atoms with Gasteiger partial charge in [0.25, 0.3) is 0 Å². The van der Waals surface area contributed by atoms with Gasteiger partial charge in [0.05, 0.1) is 5.41 Å². The van der Waals surface area contributed by atoms with Gasteiger partial charge < -0.3 is 4.74 Å². The van der Waals surface area contributed by atoms with Crippen molar-refractivity contribution in [1.29, 1.82) is 0 Å². The van der Waals surface area contributed by atoms with Gasteiger partial charge in [-0.25, -0.2) is 0 Å². The minimum atomic E-state index is 0.0702. The van der Waals surface area contributed by atoms with Crippen LogP contribution in [0.5, 0.6) is 5.75 Å². The van der Waals surface area contributed by atoms with Gasteiger partial charge in [-0.1, -0.05) is 60.9 Å². The molecule has 1 heteroatoms. The molecule has 1 aliphatic carbocycles. The predicted octanol–water partition coefficient (Wildman–Crippen LogP) is 5.01. The number of hydrogen-bond acceptors (Lipinski definition) is 1. The Morgan fingerprint density at radius 2 is 1.76 bits per heavy atom. The summed E-state index contributed by atoms with van der Waals surface area (Å²) in [6.07, 6.45) is 6.59. The third-order valence-electron chi connectivity index (χ3n) is 5.29. The van der Waals surface area contributed by atoms with Gasteiger partial charge in [0, 0.05) is 5.56 Å². The van der Waals surface area contributed by atoms with Crippen molar-refractivity contribution in [2.75, 3.05) is 0 Å². The maximum atomic E-state index is 6.38. The molecular formula is C20H22O. The van der Waals surface area contributed by atoms with E-state index in [2.05, 4.69) is 55.5 Å². The standard InChI is InChI=1S/C20H22O/c1-15-10-12-16(13-11-15)20-14-6-2-3-9-19(20)21-18-8-5-4-7-17(18)20/h4-5,7-8,10-13,19H,2-3,6,9,14H2,1H3. The van der Waals surface area contributed by atoms with Crippen LogP contribution in [0.1, 0.15) is 48.8 Å². The molecule has 2 unspecified atom stereocenters. The van der Waals surface area contributed by atoms with E-state index in [1.165, 1.54) is 48.8 Å². The summed E-state index contributed by atoms with van der Waals surface area (Å²) in [6, 6.07) is 17.8. The maximum Gasteiger partial charge on any atom is 0.124 e. The highest BCUT2D eigenvalue weighted by Crippen LogP contribution is 2.53. The molecule has 1 heterocycles. The number of benzene rings is 2. The lowest BCUT2D eigenvalue weighted by Gasteiger charge is -2.34. The first-order chi connectivity index (χ1) is 10.3. The fourth-order valence-electron chi connectivity index (χ4n) is 4.21. The van der Waals surface area contributed by atoms with Crippen molar-refractivity contribution < 1.29 is 4.74 Å². The van der Waals surface area contributed by atoms with Crippen molar-refractivity contribution in [3.8, 4) is 5.75 Å². The van der Waals surface area contributed by atoms with Crippen molar-refractivity contribution in [3.05, 3.63) is 65.2 Å². The summed E-state index contributed by atoms with van der Waals surface area (Å²) in [5.74, 6) is 1.10. The zero-order chi connectivity index (χ0) is 14.3. The lowest BCUT2D eigenvalue weighted by molar-refractivity contribution is 0.159. The molecule has 2 aromatic carbocycles. The maximum absolute atomic E-state index is 6.38. The van der Waals surface area contributed by atoms with E-state index in [-0.39, 0.29) is 5.41 Å². The Morgan fingerprint density at radius 3 is 2.62 bits per heavy atom. The lowest BCUT2D eigenvalue weighted by Crippen LogP contribution is -2.38. The van der Waals surface area contributed by atoms with Gasteiger partial charge in [-0.2, -0.15) is 0 Å². The molecule has 2 atom stereocenters. The van der Waals surface area contributed by atoms with E-state index in [1.807, 2.05) is 0 Å². The molecule has 1 nitrogen and oxygen atoms in total. The van der Waals surface area contributed by atoms with Crippen molar-refractivity contribution in [1.82, 2.24) is 0 Å². The summed E-state index contributed by atoms with van der Waals surface area (Å²) in [7, 11) is 0. The van der Waals surface area contributed by atoms with Crippen LogP contribution >= 0.6 is 0 Å². The second-order valence-corrected chi connectivity index (χ2v) is 6.54. The SMILES string of the molecule is Cc1ccc(C23CCCCCC2Oc2ccccc23)cc1. The Bertz CT molecular complexity index is 643. The molecule has 0 spiro atoms. The molecular weight excluding hydrogens is 256 g/mol. The number of rotatable bonds is 1. The predicted molar refractivity (Wildman–Crippen MR) is 85.9 cm³/mol. The summed E-state index contributed by atoms with van der Waals surface area (Å²) in [4.78, 5) is 0. The molecule has 21 heavy (non-hydrogen) atoms. The largest absolute Gasteiger partial charge is 0.489 e. The van der Waals surface area contributed by atoms with Crippen LogP contribution < -0.4 is 4.74 Å². The topological polar surface area (TPSA) is 9.23 Å². The van der Waals surface area contributed by atoms with Gasteiger partial charge in [0.2, 0.25) is 0 Å². The summed E-state index contributed by atoms with van der Waals surface area (Å²) in [5.41, 5.74) is 4.24. The number of aryl methyl sites for hydroxylation is 1. The first kappa shape index (κ1) is 12.9. The minimum absolute atomic E-state index is 0.0702. The Balaban J connectivity index is 1.92. The Hall–Kier alpha value is -1.76. The lowest BCUT2D eigenvalue weighted by atomic mass is 9.68. The molecule has 0 radical (unpaired) electrons. The van der Waals surface area contributed by atoms with E-state index >= 15 is 0 Å². The molecule has 0 bridgehead atoms. The highest BCUT2D eigenvalue weighted by Gasteiger charge is 2.49. The van der Waals surface area contributed by atoms with Gasteiger partial charge in [0.15, 0.2) is 0 Å². The normalized spacial score (nSPS) is 27.4. The zero-order valence-corrected chi connectivity index (χ0v) is 12.6. The van der Waals surface area contributed by atoms with E-state index in [9.17, 15) is 0 Å². The van der Waals surface area contributed by atoms with Crippen LogP contribution in [0, 0.1) is 6.92 Å². The number of ether oxygens (including phenoxy) is 1. The molecule has 0 saturated heterocycles. The van der Waals surface area contributed by atoms with E-state index in [0.29, 0.717) is 6.10 Å². The second-order valence-electron chi connectivity index (χ2n) is 6.54. The Labute approximate surface area is 127 Å². The zero-order valence-electron chi connectivity index (χ0n) is 12.6. The first-order valence-electron chi connectivity index (χ1n) is 8.14. The van der Waals surface area contributed by atoms with Crippen molar-refractivity contribution in [2.45, 2.75) is 50.5 Å². The van der Waals surface area contributed by atoms with Crippen LogP contribution in [-0.4, -0.2) is 6.10 Å². The number of para-hydroxylation sites is 1. The van der Waals surface area contributed by atoms with Crippen LogP contribution in [0.3, 0.4) is 0 Å². The average Bonchev–Trinajstić information content (AvgIpc) is 2.68. The smallest absolute Gasteiger partial charge is 0.124 e. The summed E-state index contributed by atoms with van der Waals surface area (Å²) < 4.78 is 6.38. The highest BCUT2D eigenvalue weighted by atomic mass is 16.5. The van der Waals surface area contributed by atoms with E-state index < -0.39 is 0 Å². The Kier molecular flexibility index (Phi) is 3.02.